The largest absolute Gasteiger partial charge is 0.337 e. The Balaban J connectivity index is 1.48. The normalized spacial score (nSPS) is 30.0. The van der Waals surface area contributed by atoms with Gasteiger partial charge in [-0.2, -0.15) is 5.10 Å². The van der Waals surface area contributed by atoms with Crippen molar-refractivity contribution >= 4 is 5.91 Å². The molecule has 1 aromatic heterocycles. The van der Waals surface area contributed by atoms with Crippen LogP contribution in [0.2, 0.25) is 0 Å². The van der Waals surface area contributed by atoms with Gasteiger partial charge in [-0.15, -0.1) is 0 Å². The van der Waals surface area contributed by atoms with Crippen LogP contribution in [-0.2, 0) is 24.8 Å². The summed E-state index contributed by atoms with van der Waals surface area (Å²) < 4.78 is 1.37. The van der Waals surface area contributed by atoms with Crippen molar-refractivity contribution in [2.75, 3.05) is 6.54 Å². The van der Waals surface area contributed by atoms with Crippen LogP contribution in [0.1, 0.15) is 43.4 Å². The summed E-state index contributed by atoms with van der Waals surface area (Å²) in [6.45, 7) is 1.22. The second-order valence-corrected chi connectivity index (χ2v) is 7.19. The van der Waals surface area contributed by atoms with Crippen LogP contribution in [0.15, 0.2) is 10.9 Å². The van der Waals surface area contributed by atoms with Gasteiger partial charge in [0.1, 0.15) is 0 Å². The molecule has 2 aliphatic heterocycles. The van der Waals surface area contributed by atoms with Crippen molar-refractivity contribution in [3.8, 4) is 0 Å². The summed E-state index contributed by atoms with van der Waals surface area (Å²) in [6, 6.07) is 2.12. The van der Waals surface area contributed by atoms with Crippen LogP contribution in [0, 0.1) is 5.92 Å². The quantitative estimate of drug-likeness (QED) is 0.823. The van der Waals surface area contributed by atoms with Gasteiger partial charge in [0, 0.05) is 44.2 Å². The number of amides is 1. The molecule has 2 fully saturated rings. The third-order valence-electron chi connectivity index (χ3n) is 5.71. The molecule has 1 N–H and O–H groups in total. The molecular weight excluding hydrogens is 292 g/mol. The van der Waals surface area contributed by atoms with Crippen LogP contribution in [-0.4, -0.2) is 39.2 Å². The molecule has 3 atom stereocenters. The molecule has 1 saturated heterocycles. The van der Waals surface area contributed by atoms with E-state index < -0.39 is 0 Å². The molecule has 23 heavy (non-hydrogen) atoms. The first kappa shape index (κ1) is 14.9. The topological polar surface area (TPSA) is 67.2 Å². The standard InChI is InChI=1S/C17H24N4O2/c1-20-16(22)9-12-10-21(7-6-14(12)19-20)17(23)15-8-11-4-2-3-5-13(11)18-15/h9,11,13,15,18H,2-8,10H2,1H3/t11-,13-,15+/m1/s1. The molecule has 0 spiro atoms. The maximum Gasteiger partial charge on any atom is 0.266 e. The predicted molar refractivity (Wildman–Crippen MR) is 85.9 cm³/mol. The number of carbonyl (C=O) groups is 1. The molecule has 1 aromatic rings. The minimum Gasteiger partial charge on any atom is -0.337 e. The third-order valence-corrected chi connectivity index (χ3v) is 5.71. The second kappa shape index (κ2) is 5.74. The average Bonchev–Trinajstić information content (AvgIpc) is 2.99. The van der Waals surface area contributed by atoms with E-state index in [1.807, 2.05) is 4.90 Å². The van der Waals surface area contributed by atoms with Crippen LogP contribution in [0.5, 0.6) is 0 Å². The molecule has 0 bridgehead atoms. The van der Waals surface area contributed by atoms with Crippen molar-refractivity contribution in [2.24, 2.45) is 13.0 Å². The summed E-state index contributed by atoms with van der Waals surface area (Å²) in [7, 11) is 1.67. The second-order valence-electron chi connectivity index (χ2n) is 7.19. The Kier molecular flexibility index (Phi) is 3.71. The van der Waals surface area contributed by atoms with Crippen LogP contribution in [0.3, 0.4) is 0 Å². The molecule has 124 valence electrons. The number of aromatic nitrogens is 2. The maximum atomic E-state index is 12.9. The molecule has 6 nitrogen and oxygen atoms in total. The Morgan fingerprint density at radius 3 is 3.00 bits per heavy atom. The van der Waals surface area contributed by atoms with Gasteiger partial charge in [-0.3, -0.25) is 9.59 Å². The van der Waals surface area contributed by atoms with Crippen LogP contribution >= 0.6 is 0 Å². The lowest BCUT2D eigenvalue weighted by Crippen LogP contribution is -2.47. The van der Waals surface area contributed by atoms with E-state index in [2.05, 4.69) is 10.4 Å². The molecule has 1 amide bonds. The lowest BCUT2D eigenvalue weighted by atomic mass is 9.85. The van der Waals surface area contributed by atoms with Gasteiger partial charge < -0.3 is 10.2 Å². The van der Waals surface area contributed by atoms with Gasteiger partial charge in [0.05, 0.1) is 11.7 Å². The highest BCUT2D eigenvalue weighted by Crippen LogP contribution is 2.34. The monoisotopic (exact) mass is 316 g/mol. The van der Waals surface area contributed by atoms with E-state index in [0.717, 1.165) is 24.1 Å². The molecule has 1 saturated carbocycles. The van der Waals surface area contributed by atoms with Gasteiger partial charge in [-0.05, 0) is 25.2 Å². The fourth-order valence-electron chi connectivity index (χ4n) is 4.41. The zero-order valence-corrected chi connectivity index (χ0v) is 13.6. The molecule has 1 aliphatic carbocycles. The van der Waals surface area contributed by atoms with E-state index in [9.17, 15) is 9.59 Å². The van der Waals surface area contributed by atoms with E-state index in [-0.39, 0.29) is 17.5 Å². The number of aryl methyl sites for hydroxylation is 1. The number of nitrogens with zero attached hydrogens (tertiary/aromatic N) is 3. The summed E-state index contributed by atoms with van der Waals surface area (Å²) in [6.07, 6.45) is 6.74. The van der Waals surface area contributed by atoms with Crippen LogP contribution in [0.25, 0.3) is 0 Å². The van der Waals surface area contributed by atoms with Gasteiger partial charge in [-0.1, -0.05) is 12.8 Å². The van der Waals surface area contributed by atoms with Gasteiger partial charge >= 0.3 is 0 Å². The summed E-state index contributed by atoms with van der Waals surface area (Å²) >= 11 is 0. The SMILES string of the molecule is Cn1nc2c(cc1=O)CN(C(=O)[C@@H]1C[C@H]3CCCC[C@H]3N1)CC2. The number of rotatable bonds is 1. The van der Waals surface area contributed by atoms with Crippen LogP contribution < -0.4 is 10.9 Å². The Hall–Kier alpha value is -1.69. The van der Waals surface area contributed by atoms with E-state index in [0.29, 0.717) is 25.0 Å². The van der Waals surface area contributed by atoms with Gasteiger partial charge in [0.2, 0.25) is 5.91 Å². The smallest absolute Gasteiger partial charge is 0.266 e. The highest BCUT2D eigenvalue weighted by molar-refractivity contribution is 5.82. The van der Waals surface area contributed by atoms with E-state index in [4.69, 9.17) is 0 Å². The van der Waals surface area contributed by atoms with E-state index >= 15 is 0 Å². The Labute approximate surface area is 135 Å². The maximum absolute atomic E-state index is 12.9. The summed E-state index contributed by atoms with van der Waals surface area (Å²) in [4.78, 5) is 26.5. The van der Waals surface area contributed by atoms with Gasteiger partial charge in [0.25, 0.3) is 5.56 Å². The molecular formula is C17H24N4O2. The molecule has 4 rings (SSSR count). The zero-order chi connectivity index (χ0) is 16.0. The minimum absolute atomic E-state index is 0.0378. The zero-order valence-electron chi connectivity index (χ0n) is 13.6. The van der Waals surface area contributed by atoms with Crippen molar-refractivity contribution in [3.63, 3.8) is 0 Å². The van der Waals surface area contributed by atoms with Crippen molar-refractivity contribution < 1.29 is 4.79 Å². The first-order valence-electron chi connectivity index (χ1n) is 8.73. The number of fused-ring (bicyclic) bond motifs is 2. The molecule has 0 aromatic carbocycles. The van der Waals surface area contributed by atoms with Crippen molar-refractivity contribution in [1.82, 2.24) is 20.0 Å². The summed E-state index contributed by atoms with van der Waals surface area (Å²) in [5.74, 6) is 0.870. The Morgan fingerprint density at radius 1 is 1.35 bits per heavy atom. The lowest BCUT2D eigenvalue weighted by molar-refractivity contribution is -0.134. The number of hydrogen-bond acceptors (Lipinski definition) is 4. The highest BCUT2D eigenvalue weighted by Gasteiger charge is 2.40. The van der Waals surface area contributed by atoms with Gasteiger partial charge in [-0.25, -0.2) is 4.68 Å². The van der Waals surface area contributed by atoms with E-state index in [1.165, 1.54) is 30.4 Å². The third kappa shape index (κ3) is 2.69. The summed E-state index contributed by atoms with van der Waals surface area (Å²) in [5.41, 5.74) is 1.75. The molecule has 0 unspecified atom stereocenters. The lowest BCUT2D eigenvalue weighted by Gasteiger charge is -2.30. The van der Waals surface area contributed by atoms with Gasteiger partial charge in [0.15, 0.2) is 0 Å². The highest BCUT2D eigenvalue weighted by atomic mass is 16.2. The predicted octanol–water partition coefficient (Wildman–Crippen LogP) is 0.586. The molecule has 3 heterocycles. The Morgan fingerprint density at radius 2 is 2.17 bits per heavy atom. The minimum atomic E-state index is -0.108. The fraction of sp³-hybridized carbons (Fsp3) is 0.706. The fourth-order valence-corrected chi connectivity index (χ4v) is 4.41. The first-order chi connectivity index (χ1) is 11.1. The molecule has 0 radical (unpaired) electrons. The summed E-state index contributed by atoms with van der Waals surface area (Å²) in [5, 5.41) is 7.88. The first-order valence-corrected chi connectivity index (χ1v) is 8.73. The van der Waals surface area contributed by atoms with Crippen molar-refractivity contribution in [2.45, 2.75) is 57.2 Å². The van der Waals surface area contributed by atoms with Crippen molar-refractivity contribution in [3.05, 3.63) is 27.7 Å². The van der Waals surface area contributed by atoms with E-state index in [1.54, 1.807) is 13.1 Å². The number of carbonyl (C=O) groups excluding carboxylic acids is 1. The molecule has 3 aliphatic rings. The average molecular weight is 316 g/mol. The number of nitrogens with one attached hydrogen (secondary N) is 1. The van der Waals surface area contributed by atoms with Crippen LogP contribution in [0.4, 0.5) is 0 Å². The molecule has 6 heteroatoms. The Bertz CT molecular complexity index is 670. The number of hydrogen-bond donors (Lipinski definition) is 1. The van der Waals surface area contributed by atoms with Crippen molar-refractivity contribution in [1.29, 1.82) is 0 Å².